The average molecular weight is 323 g/mol. The van der Waals surface area contributed by atoms with Crippen molar-refractivity contribution in [2.75, 3.05) is 13.1 Å². The summed E-state index contributed by atoms with van der Waals surface area (Å²) >= 11 is 0. The zero-order chi connectivity index (χ0) is 16.5. The molecule has 1 aromatic heterocycles. The molecule has 2 aromatic carbocycles. The van der Waals surface area contributed by atoms with Gasteiger partial charge < -0.3 is 4.42 Å². The van der Waals surface area contributed by atoms with E-state index >= 15 is 0 Å². The highest BCUT2D eigenvalue weighted by Crippen LogP contribution is 2.35. The normalized spacial score (nSPS) is 22.1. The quantitative estimate of drug-likeness (QED) is 0.659. The van der Waals surface area contributed by atoms with Crippen molar-refractivity contribution < 1.29 is 8.81 Å². The maximum absolute atomic E-state index is 14.3. The van der Waals surface area contributed by atoms with Gasteiger partial charge in [0.2, 0.25) is 0 Å². The molecule has 4 rings (SSSR count). The lowest BCUT2D eigenvalue weighted by Crippen LogP contribution is -2.37. The Morgan fingerprint density at radius 3 is 2.79 bits per heavy atom. The maximum Gasteiger partial charge on any atom is 0.137 e. The summed E-state index contributed by atoms with van der Waals surface area (Å²) in [6.07, 6.45) is 2.61. The van der Waals surface area contributed by atoms with Crippen molar-refractivity contribution in [1.82, 2.24) is 4.90 Å². The topological polar surface area (TPSA) is 16.4 Å². The molecule has 0 spiro atoms. The molecule has 0 N–H and O–H groups in total. The number of nitrogens with zero attached hydrogens (tertiary/aromatic N) is 1. The number of furan rings is 1. The minimum absolute atomic E-state index is 0.171. The van der Waals surface area contributed by atoms with Gasteiger partial charge in [-0.2, -0.15) is 0 Å². The third-order valence-corrected chi connectivity index (χ3v) is 5.21. The van der Waals surface area contributed by atoms with Crippen molar-refractivity contribution in [3.63, 3.8) is 0 Å². The largest absolute Gasteiger partial charge is 0.464 e. The highest BCUT2D eigenvalue weighted by molar-refractivity contribution is 5.78. The molecule has 2 heterocycles. The van der Waals surface area contributed by atoms with Gasteiger partial charge in [-0.05, 0) is 54.1 Å². The fourth-order valence-electron chi connectivity index (χ4n) is 3.97. The fourth-order valence-corrected chi connectivity index (χ4v) is 3.97. The van der Waals surface area contributed by atoms with Crippen molar-refractivity contribution >= 4 is 11.0 Å². The van der Waals surface area contributed by atoms with Crippen LogP contribution in [-0.4, -0.2) is 18.0 Å². The number of fused-ring (bicyclic) bond motifs is 1. The Balaban J connectivity index is 1.50. The summed E-state index contributed by atoms with van der Waals surface area (Å²) in [5.74, 6) is 0.713. The molecule has 1 aliphatic heterocycles. The van der Waals surface area contributed by atoms with Gasteiger partial charge in [0.05, 0.1) is 11.6 Å². The molecule has 2 atom stereocenters. The summed E-state index contributed by atoms with van der Waals surface area (Å²) < 4.78 is 19.7. The monoisotopic (exact) mass is 323 g/mol. The minimum Gasteiger partial charge on any atom is -0.464 e. The molecular formula is C21H22FNO. The van der Waals surface area contributed by atoms with E-state index < -0.39 is 0 Å². The first-order valence-electron chi connectivity index (χ1n) is 8.63. The molecule has 0 saturated carbocycles. The van der Waals surface area contributed by atoms with Crippen LogP contribution in [0.4, 0.5) is 4.39 Å². The molecule has 3 aromatic rings. The Labute approximate surface area is 141 Å². The molecule has 24 heavy (non-hydrogen) atoms. The first-order chi connectivity index (χ1) is 11.7. The number of piperidine rings is 1. The van der Waals surface area contributed by atoms with E-state index in [4.69, 9.17) is 4.42 Å². The van der Waals surface area contributed by atoms with Crippen molar-refractivity contribution in [1.29, 1.82) is 0 Å². The van der Waals surface area contributed by atoms with Gasteiger partial charge in [0.15, 0.2) is 0 Å². The summed E-state index contributed by atoms with van der Waals surface area (Å²) in [6, 6.07) is 16.0. The van der Waals surface area contributed by atoms with Crippen molar-refractivity contribution in [3.8, 4) is 0 Å². The van der Waals surface area contributed by atoms with E-state index in [1.165, 1.54) is 5.56 Å². The van der Waals surface area contributed by atoms with Crippen LogP contribution < -0.4 is 0 Å². The predicted octanol–water partition coefficient (Wildman–Crippen LogP) is 5.20. The van der Waals surface area contributed by atoms with Gasteiger partial charge in [-0.15, -0.1) is 0 Å². The molecule has 2 nitrogen and oxygen atoms in total. The number of hydrogen-bond acceptors (Lipinski definition) is 2. The second-order valence-corrected chi connectivity index (χ2v) is 6.93. The van der Waals surface area contributed by atoms with Crippen LogP contribution in [0.2, 0.25) is 0 Å². The first-order valence-corrected chi connectivity index (χ1v) is 8.63. The zero-order valence-electron chi connectivity index (χ0n) is 13.9. The van der Waals surface area contributed by atoms with Gasteiger partial charge in [0.1, 0.15) is 11.4 Å². The smallest absolute Gasteiger partial charge is 0.137 e. The van der Waals surface area contributed by atoms with Gasteiger partial charge in [-0.25, -0.2) is 4.39 Å². The van der Waals surface area contributed by atoms with Gasteiger partial charge in [0.25, 0.3) is 0 Å². The lowest BCUT2D eigenvalue weighted by Gasteiger charge is -2.37. The Bertz CT molecular complexity index is 826. The lowest BCUT2D eigenvalue weighted by atomic mass is 9.81. The third-order valence-electron chi connectivity index (χ3n) is 5.21. The van der Waals surface area contributed by atoms with Gasteiger partial charge in [0, 0.05) is 13.1 Å². The molecular weight excluding hydrogens is 301 g/mol. The molecule has 1 saturated heterocycles. The highest BCUT2D eigenvalue weighted by atomic mass is 19.1. The lowest BCUT2D eigenvalue weighted by molar-refractivity contribution is 0.156. The van der Waals surface area contributed by atoms with Crippen LogP contribution in [0, 0.1) is 11.7 Å². The van der Waals surface area contributed by atoms with E-state index in [0.29, 0.717) is 22.8 Å². The number of halogens is 1. The number of hydrogen-bond donors (Lipinski definition) is 0. The van der Waals surface area contributed by atoms with E-state index in [1.807, 2.05) is 6.07 Å². The van der Waals surface area contributed by atoms with Crippen molar-refractivity contribution in [2.24, 2.45) is 5.92 Å². The summed E-state index contributed by atoms with van der Waals surface area (Å²) in [7, 11) is 0. The second-order valence-electron chi connectivity index (χ2n) is 6.93. The number of benzene rings is 2. The predicted molar refractivity (Wildman–Crippen MR) is 94.4 cm³/mol. The standard InChI is InChI=1S/C21H22FNO/c1-15-13-23(14-16-5-3-2-4-6-16)9-7-18(15)17-11-20(22)19-8-10-24-21(19)12-17/h2-6,8,10-12,15,18H,7,9,13-14H2,1H3/t15-,18+/m1/s1. The Morgan fingerprint density at radius 2 is 2.00 bits per heavy atom. The Kier molecular flexibility index (Phi) is 4.11. The van der Waals surface area contributed by atoms with Crippen LogP contribution in [-0.2, 0) is 6.54 Å². The molecule has 0 radical (unpaired) electrons. The van der Waals surface area contributed by atoms with Crippen LogP contribution in [0.3, 0.4) is 0 Å². The number of likely N-dealkylation sites (tertiary alicyclic amines) is 1. The molecule has 1 fully saturated rings. The van der Waals surface area contributed by atoms with E-state index in [2.05, 4.69) is 42.2 Å². The molecule has 1 aliphatic rings. The van der Waals surface area contributed by atoms with Gasteiger partial charge >= 0.3 is 0 Å². The summed E-state index contributed by atoms with van der Waals surface area (Å²) in [4.78, 5) is 2.50. The highest BCUT2D eigenvalue weighted by Gasteiger charge is 2.28. The van der Waals surface area contributed by atoms with Gasteiger partial charge in [-0.3, -0.25) is 4.90 Å². The minimum atomic E-state index is -0.171. The average Bonchev–Trinajstić information content (AvgIpc) is 3.05. The molecule has 3 heteroatoms. The Hall–Kier alpha value is -2.13. The van der Waals surface area contributed by atoms with E-state index in [-0.39, 0.29) is 5.82 Å². The summed E-state index contributed by atoms with van der Waals surface area (Å²) in [5.41, 5.74) is 3.08. The van der Waals surface area contributed by atoms with E-state index in [1.54, 1.807) is 18.4 Å². The van der Waals surface area contributed by atoms with Crippen LogP contribution in [0.25, 0.3) is 11.0 Å². The zero-order valence-corrected chi connectivity index (χ0v) is 13.9. The SMILES string of the molecule is C[C@@H]1CN(Cc2ccccc2)CC[C@@H]1c1cc(F)c2ccoc2c1. The molecule has 0 aliphatic carbocycles. The van der Waals surface area contributed by atoms with Crippen LogP contribution in [0.1, 0.15) is 30.4 Å². The van der Waals surface area contributed by atoms with E-state index in [9.17, 15) is 4.39 Å². The molecule has 0 bridgehead atoms. The van der Waals surface area contributed by atoms with Crippen molar-refractivity contribution in [2.45, 2.75) is 25.8 Å². The molecule has 0 amide bonds. The van der Waals surface area contributed by atoms with Gasteiger partial charge in [-0.1, -0.05) is 37.3 Å². The summed E-state index contributed by atoms with van der Waals surface area (Å²) in [5, 5.41) is 0.577. The number of rotatable bonds is 3. The first kappa shape index (κ1) is 15.4. The fraction of sp³-hybridized carbons (Fsp3) is 0.333. The van der Waals surface area contributed by atoms with Crippen LogP contribution >= 0.6 is 0 Å². The third kappa shape index (κ3) is 2.96. The summed E-state index contributed by atoms with van der Waals surface area (Å²) in [6.45, 7) is 5.34. The van der Waals surface area contributed by atoms with Crippen molar-refractivity contribution in [3.05, 3.63) is 71.7 Å². The van der Waals surface area contributed by atoms with Crippen LogP contribution in [0.15, 0.2) is 59.2 Å². The molecule has 124 valence electrons. The molecule has 0 unspecified atom stereocenters. The maximum atomic E-state index is 14.3. The Morgan fingerprint density at radius 1 is 1.17 bits per heavy atom. The van der Waals surface area contributed by atoms with Crippen LogP contribution in [0.5, 0.6) is 0 Å². The second kappa shape index (κ2) is 6.40. The van der Waals surface area contributed by atoms with E-state index in [0.717, 1.165) is 31.6 Å².